The third-order valence-corrected chi connectivity index (χ3v) is 5.13. The molecule has 3 nitrogen and oxygen atoms in total. The maximum Gasteiger partial charge on any atom is 0.0615 e. The van der Waals surface area contributed by atoms with E-state index < -0.39 is 0 Å². The number of nitrogens with zero attached hydrogens (tertiary/aromatic N) is 1. The number of likely N-dealkylation sites (N-methyl/N-ethyl adjacent to an activating group) is 1. The molecule has 1 aliphatic rings. The Balaban J connectivity index is 2.47. The Morgan fingerprint density at radius 2 is 2.06 bits per heavy atom. The monoisotopic (exact) mass is 256 g/mol. The summed E-state index contributed by atoms with van der Waals surface area (Å²) in [4.78, 5) is 2.50. The van der Waals surface area contributed by atoms with Crippen LogP contribution in [0.3, 0.4) is 0 Å². The molecule has 1 rings (SSSR count). The molecule has 0 aliphatic heterocycles. The minimum atomic E-state index is -0.00519. The van der Waals surface area contributed by atoms with E-state index in [1.54, 1.807) is 0 Å². The van der Waals surface area contributed by atoms with Crippen molar-refractivity contribution in [1.82, 2.24) is 10.2 Å². The van der Waals surface area contributed by atoms with Gasteiger partial charge in [0.25, 0.3) is 0 Å². The van der Waals surface area contributed by atoms with Crippen LogP contribution in [-0.4, -0.2) is 48.8 Å². The SMILES string of the molecule is CCC(CC)N(C)CCC1CCCC1(CO)NC. The second-order valence-electron chi connectivity index (χ2n) is 5.89. The van der Waals surface area contributed by atoms with E-state index in [2.05, 4.69) is 31.1 Å². The summed E-state index contributed by atoms with van der Waals surface area (Å²) in [6, 6.07) is 0.713. The van der Waals surface area contributed by atoms with Crippen molar-refractivity contribution in [3.63, 3.8) is 0 Å². The lowest BCUT2D eigenvalue weighted by Crippen LogP contribution is -2.50. The van der Waals surface area contributed by atoms with Crippen LogP contribution in [0.2, 0.25) is 0 Å². The molecule has 0 radical (unpaired) electrons. The molecule has 0 aromatic carbocycles. The first-order valence-electron chi connectivity index (χ1n) is 7.63. The fraction of sp³-hybridized carbons (Fsp3) is 1.00. The van der Waals surface area contributed by atoms with Crippen LogP contribution in [0, 0.1) is 5.92 Å². The molecule has 0 saturated heterocycles. The Kier molecular flexibility index (Phi) is 6.61. The van der Waals surface area contributed by atoms with Crippen LogP contribution in [0.25, 0.3) is 0 Å². The third-order valence-electron chi connectivity index (χ3n) is 5.13. The number of aliphatic hydroxyl groups excluding tert-OH is 1. The number of aliphatic hydroxyl groups is 1. The largest absolute Gasteiger partial charge is 0.394 e. The van der Waals surface area contributed by atoms with Gasteiger partial charge in [-0.25, -0.2) is 0 Å². The number of hydrogen-bond acceptors (Lipinski definition) is 3. The summed E-state index contributed by atoms with van der Waals surface area (Å²) in [5.41, 5.74) is -0.00519. The summed E-state index contributed by atoms with van der Waals surface area (Å²) >= 11 is 0. The summed E-state index contributed by atoms with van der Waals surface area (Å²) in [5, 5.41) is 13.1. The van der Waals surface area contributed by atoms with Gasteiger partial charge in [0.15, 0.2) is 0 Å². The third kappa shape index (κ3) is 3.46. The van der Waals surface area contributed by atoms with Gasteiger partial charge in [0, 0.05) is 11.6 Å². The molecule has 0 amide bonds. The van der Waals surface area contributed by atoms with Gasteiger partial charge in [0.1, 0.15) is 0 Å². The highest BCUT2D eigenvalue weighted by atomic mass is 16.3. The summed E-state index contributed by atoms with van der Waals surface area (Å²) in [5.74, 6) is 0.629. The molecular weight excluding hydrogens is 224 g/mol. The van der Waals surface area contributed by atoms with Crippen molar-refractivity contribution in [3.8, 4) is 0 Å². The summed E-state index contributed by atoms with van der Waals surface area (Å²) in [7, 11) is 4.24. The lowest BCUT2D eigenvalue weighted by molar-refractivity contribution is 0.115. The molecule has 108 valence electrons. The van der Waals surface area contributed by atoms with Crippen LogP contribution >= 0.6 is 0 Å². The highest BCUT2D eigenvalue weighted by Crippen LogP contribution is 2.37. The minimum Gasteiger partial charge on any atom is -0.394 e. The normalized spacial score (nSPS) is 28.5. The topological polar surface area (TPSA) is 35.5 Å². The number of hydrogen-bond donors (Lipinski definition) is 2. The second kappa shape index (κ2) is 7.46. The quantitative estimate of drug-likeness (QED) is 0.699. The summed E-state index contributed by atoms with van der Waals surface area (Å²) < 4.78 is 0. The molecule has 2 N–H and O–H groups in total. The standard InChI is InChI=1S/C15H32N2O/c1-5-14(6-2)17(4)11-9-13-8-7-10-15(13,12-18)16-3/h13-14,16,18H,5-12H2,1-4H3. The van der Waals surface area contributed by atoms with Gasteiger partial charge in [-0.15, -0.1) is 0 Å². The van der Waals surface area contributed by atoms with Crippen molar-refractivity contribution in [2.75, 3.05) is 27.2 Å². The Labute approximate surface area is 113 Å². The summed E-state index contributed by atoms with van der Waals surface area (Å²) in [6.45, 7) is 5.97. The van der Waals surface area contributed by atoms with Gasteiger partial charge in [-0.05, 0) is 58.7 Å². The molecule has 0 aromatic heterocycles. The van der Waals surface area contributed by atoms with Gasteiger partial charge >= 0.3 is 0 Å². The second-order valence-corrected chi connectivity index (χ2v) is 5.89. The van der Waals surface area contributed by atoms with Gasteiger partial charge < -0.3 is 15.3 Å². The molecule has 2 unspecified atom stereocenters. The molecule has 0 aromatic rings. The Hall–Kier alpha value is -0.120. The van der Waals surface area contributed by atoms with Crippen molar-refractivity contribution in [2.24, 2.45) is 5.92 Å². The van der Waals surface area contributed by atoms with Crippen LogP contribution in [0.1, 0.15) is 52.4 Å². The van der Waals surface area contributed by atoms with Crippen molar-refractivity contribution in [1.29, 1.82) is 0 Å². The van der Waals surface area contributed by atoms with Crippen LogP contribution < -0.4 is 5.32 Å². The Morgan fingerprint density at radius 3 is 2.56 bits per heavy atom. The first-order valence-corrected chi connectivity index (χ1v) is 7.63. The fourth-order valence-corrected chi connectivity index (χ4v) is 3.64. The van der Waals surface area contributed by atoms with Crippen LogP contribution in [0.5, 0.6) is 0 Å². The van der Waals surface area contributed by atoms with E-state index in [9.17, 15) is 5.11 Å². The maximum atomic E-state index is 9.68. The molecule has 1 fully saturated rings. The zero-order valence-corrected chi connectivity index (χ0v) is 12.7. The average molecular weight is 256 g/mol. The predicted molar refractivity (Wildman–Crippen MR) is 77.8 cm³/mol. The van der Waals surface area contributed by atoms with E-state index in [1.807, 2.05) is 7.05 Å². The van der Waals surface area contributed by atoms with E-state index in [-0.39, 0.29) is 12.1 Å². The van der Waals surface area contributed by atoms with E-state index in [0.717, 1.165) is 13.0 Å². The first-order chi connectivity index (χ1) is 8.63. The average Bonchev–Trinajstić information content (AvgIpc) is 2.81. The van der Waals surface area contributed by atoms with Gasteiger partial charge in [-0.1, -0.05) is 20.3 Å². The molecule has 18 heavy (non-hydrogen) atoms. The van der Waals surface area contributed by atoms with E-state index >= 15 is 0 Å². The minimum absolute atomic E-state index is 0.00519. The fourth-order valence-electron chi connectivity index (χ4n) is 3.64. The zero-order chi connectivity index (χ0) is 13.6. The molecule has 0 spiro atoms. The van der Waals surface area contributed by atoms with Crippen molar-refractivity contribution in [3.05, 3.63) is 0 Å². The maximum absolute atomic E-state index is 9.68. The predicted octanol–water partition coefficient (Wildman–Crippen LogP) is 2.25. The smallest absolute Gasteiger partial charge is 0.0615 e. The molecule has 2 atom stereocenters. The Bertz CT molecular complexity index is 225. The van der Waals surface area contributed by atoms with Crippen molar-refractivity contribution in [2.45, 2.75) is 64.0 Å². The number of rotatable bonds is 8. The number of nitrogens with one attached hydrogen (secondary N) is 1. The van der Waals surface area contributed by atoms with E-state index in [1.165, 1.54) is 32.1 Å². The van der Waals surface area contributed by atoms with Gasteiger partial charge in [-0.3, -0.25) is 0 Å². The van der Waals surface area contributed by atoms with Gasteiger partial charge in [0.2, 0.25) is 0 Å². The Morgan fingerprint density at radius 1 is 1.39 bits per heavy atom. The molecule has 1 aliphatic carbocycles. The van der Waals surface area contributed by atoms with E-state index in [0.29, 0.717) is 12.0 Å². The van der Waals surface area contributed by atoms with E-state index in [4.69, 9.17) is 0 Å². The summed E-state index contributed by atoms with van der Waals surface area (Å²) in [6.07, 6.45) is 7.30. The van der Waals surface area contributed by atoms with Crippen LogP contribution in [-0.2, 0) is 0 Å². The van der Waals surface area contributed by atoms with Crippen LogP contribution in [0.4, 0.5) is 0 Å². The molecular formula is C15H32N2O. The molecule has 0 bridgehead atoms. The molecule has 1 saturated carbocycles. The molecule has 3 heteroatoms. The van der Waals surface area contributed by atoms with Gasteiger partial charge in [0.05, 0.1) is 6.61 Å². The lowest BCUT2D eigenvalue weighted by Gasteiger charge is -2.35. The highest BCUT2D eigenvalue weighted by Gasteiger charge is 2.40. The van der Waals surface area contributed by atoms with Crippen LogP contribution in [0.15, 0.2) is 0 Å². The van der Waals surface area contributed by atoms with Crippen molar-refractivity contribution >= 4 is 0 Å². The van der Waals surface area contributed by atoms with Gasteiger partial charge in [-0.2, -0.15) is 0 Å². The zero-order valence-electron chi connectivity index (χ0n) is 12.7. The molecule has 0 heterocycles. The first kappa shape index (κ1) is 15.9. The van der Waals surface area contributed by atoms with Crippen molar-refractivity contribution < 1.29 is 5.11 Å². The lowest BCUT2D eigenvalue weighted by atomic mass is 9.85. The highest BCUT2D eigenvalue weighted by molar-refractivity contribution is 4.98.